The summed E-state index contributed by atoms with van der Waals surface area (Å²) in [5, 5.41) is 9.60. The lowest BCUT2D eigenvalue weighted by atomic mass is 9.90. The number of carboxylic acids is 1. The van der Waals surface area contributed by atoms with E-state index in [1.165, 1.54) is 0 Å². The number of hydrogen-bond acceptors (Lipinski definition) is 5. The number of aliphatic carboxylic acids is 1. The molecular weight excluding hydrogens is 304 g/mol. The molecule has 24 heavy (non-hydrogen) atoms. The number of fused-ring (bicyclic) bond motifs is 1. The van der Waals surface area contributed by atoms with Crippen LogP contribution in [-0.4, -0.2) is 39.1 Å². The van der Waals surface area contributed by atoms with Crippen molar-refractivity contribution in [1.82, 2.24) is 15.0 Å². The number of carbonyl (C=O) groups is 1. The Balaban J connectivity index is 1.67. The molecular formula is C18H16N4O2. The first-order valence-electron chi connectivity index (χ1n) is 7.82. The van der Waals surface area contributed by atoms with E-state index in [0.29, 0.717) is 13.1 Å². The van der Waals surface area contributed by atoms with Gasteiger partial charge in [-0.1, -0.05) is 12.1 Å². The zero-order chi connectivity index (χ0) is 16.5. The fourth-order valence-corrected chi connectivity index (χ4v) is 3.29. The SMILES string of the molecule is O=C(O)C1CN(c2cnc3ccccc3n2)CC1c1ccncc1. The molecule has 0 aliphatic carbocycles. The van der Waals surface area contributed by atoms with Crippen molar-refractivity contribution in [3.8, 4) is 0 Å². The van der Waals surface area contributed by atoms with Crippen LogP contribution in [0.5, 0.6) is 0 Å². The lowest BCUT2D eigenvalue weighted by molar-refractivity contribution is -0.141. The Labute approximate surface area is 138 Å². The van der Waals surface area contributed by atoms with Crippen LogP contribution in [-0.2, 0) is 4.79 Å². The highest BCUT2D eigenvalue weighted by atomic mass is 16.4. The number of carboxylic acid groups (broad SMARTS) is 1. The third-order valence-corrected chi connectivity index (χ3v) is 4.53. The van der Waals surface area contributed by atoms with Crippen LogP contribution in [0.15, 0.2) is 55.0 Å². The lowest BCUT2D eigenvalue weighted by Gasteiger charge is -2.17. The molecule has 6 heteroatoms. The molecule has 2 unspecified atom stereocenters. The van der Waals surface area contributed by atoms with Crippen molar-refractivity contribution < 1.29 is 9.90 Å². The summed E-state index contributed by atoms with van der Waals surface area (Å²) in [4.78, 5) is 26.8. The maximum atomic E-state index is 11.7. The van der Waals surface area contributed by atoms with Crippen LogP contribution < -0.4 is 4.90 Å². The molecule has 1 aromatic carbocycles. The van der Waals surface area contributed by atoms with Crippen LogP contribution in [0.1, 0.15) is 11.5 Å². The van der Waals surface area contributed by atoms with Gasteiger partial charge in [0.1, 0.15) is 5.82 Å². The van der Waals surface area contributed by atoms with Crippen molar-refractivity contribution >= 4 is 22.8 Å². The summed E-state index contributed by atoms with van der Waals surface area (Å²) < 4.78 is 0. The molecule has 3 heterocycles. The topological polar surface area (TPSA) is 79.2 Å². The molecule has 1 aliphatic rings. The molecule has 1 aliphatic heterocycles. The van der Waals surface area contributed by atoms with E-state index in [2.05, 4.69) is 15.0 Å². The fraction of sp³-hybridized carbons (Fsp3) is 0.222. The smallest absolute Gasteiger partial charge is 0.308 e. The largest absolute Gasteiger partial charge is 0.481 e. The Hall–Kier alpha value is -3.02. The molecule has 2 atom stereocenters. The molecule has 0 radical (unpaired) electrons. The third kappa shape index (κ3) is 2.56. The maximum absolute atomic E-state index is 11.7. The predicted octanol–water partition coefficient (Wildman–Crippen LogP) is 2.33. The van der Waals surface area contributed by atoms with Gasteiger partial charge in [0.2, 0.25) is 0 Å². The number of rotatable bonds is 3. The number of hydrogen-bond donors (Lipinski definition) is 1. The molecule has 0 spiro atoms. The van der Waals surface area contributed by atoms with Gasteiger partial charge in [-0.3, -0.25) is 14.8 Å². The Morgan fingerprint density at radius 3 is 2.58 bits per heavy atom. The van der Waals surface area contributed by atoms with Crippen molar-refractivity contribution in [2.45, 2.75) is 5.92 Å². The lowest BCUT2D eigenvalue weighted by Crippen LogP contribution is -2.23. The van der Waals surface area contributed by atoms with Gasteiger partial charge < -0.3 is 10.0 Å². The van der Waals surface area contributed by atoms with Crippen LogP contribution >= 0.6 is 0 Å². The maximum Gasteiger partial charge on any atom is 0.308 e. The fourth-order valence-electron chi connectivity index (χ4n) is 3.29. The quantitative estimate of drug-likeness (QED) is 0.798. The first-order valence-corrected chi connectivity index (χ1v) is 7.82. The molecule has 2 aromatic heterocycles. The van der Waals surface area contributed by atoms with Crippen molar-refractivity contribution in [3.63, 3.8) is 0 Å². The van der Waals surface area contributed by atoms with Gasteiger partial charge in [0, 0.05) is 31.4 Å². The Bertz CT molecular complexity index is 884. The van der Waals surface area contributed by atoms with Gasteiger partial charge in [-0.2, -0.15) is 0 Å². The summed E-state index contributed by atoms with van der Waals surface area (Å²) >= 11 is 0. The highest BCUT2D eigenvalue weighted by Crippen LogP contribution is 2.34. The van der Waals surface area contributed by atoms with E-state index in [4.69, 9.17) is 0 Å². The minimum absolute atomic E-state index is 0.0845. The first kappa shape index (κ1) is 14.6. The van der Waals surface area contributed by atoms with Gasteiger partial charge in [0.05, 0.1) is 23.1 Å². The second-order valence-electron chi connectivity index (χ2n) is 5.95. The summed E-state index contributed by atoms with van der Waals surface area (Å²) in [6.45, 7) is 1.03. The highest BCUT2D eigenvalue weighted by molar-refractivity contribution is 5.76. The zero-order valence-corrected chi connectivity index (χ0v) is 12.9. The molecule has 120 valence electrons. The Morgan fingerprint density at radius 2 is 1.83 bits per heavy atom. The number of para-hydroxylation sites is 2. The van der Waals surface area contributed by atoms with Crippen LogP contribution in [0.2, 0.25) is 0 Å². The summed E-state index contributed by atoms with van der Waals surface area (Å²) in [5.74, 6) is -0.621. The summed E-state index contributed by atoms with van der Waals surface area (Å²) in [6.07, 6.45) is 5.12. The number of anilines is 1. The number of nitrogens with zero attached hydrogens (tertiary/aromatic N) is 4. The van der Waals surface area contributed by atoms with Crippen LogP contribution in [0.3, 0.4) is 0 Å². The van der Waals surface area contributed by atoms with E-state index in [0.717, 1.165) is 22.4 Å². The molecule has 3 aromatic rings. The van der Waals surface area contributed by atoms with E-state index in [1.807, 2.05) is 41.3 Å². The molecule has 1 saturated heterocycles. The highest BCUT2D eigenvalue weighted by Gasteiger charge is 2.39. The zero-order valence-electron chi connectivity index (χ0n) is 12.9. The van der Waals surface area contributed by atoms with Crippen molar-refractivity contribution in [2.24, 2.45) is 5.92 Å². The van der Waals surface area contributed by atoms with Crippen LogP contribution in [0.4, 0.5) is 5.82 Å². The molecule has 1 fully saturated rings. The summed E-state index contributed by atoms with van der Waals surface area (Å²) in [6, 6.07) is 11.4. The normalized spacial score (nSPS) is 20.4. The van der Waals surface area contributed by atoms with E-state index >= 15 is 0 Å². The van der Waals surface area contributed by atoms with Crippen molar-refractivity contribution in [1.29, 1.82) is 0 Å². The van der Waals surface area contributed by atoms with Crippen molar-refractivity contribution in [2.75, 3.05) is 18.0 Å². The molecule has 1 N–H and O–H groups in total. The van der Waals surface area contributed by atoms with E-state index < -0.39 is 11.9 Å². The first-order chi connectivity index (χ1) is 11.7. The van der Waals surface area contributed by atoms with E-state index in [-0.39, 0.29) is 5.92 Å². The monoisotopic (exact) mass is 320 g/mol. The van der Waals surface area contributed by atoms with Gasteiger partial charge in [0.25, 0.3) is 0 Å². The molecule has 4 rings (SSSR count). The minimum Gasteiger partial charge on any atom is -0.481 e. The predicted molar refractivity (Wildman–Crippen MR) is 89.9 cm³/mol. The molecule has 0 amide bonds. The molecule has 0 bridgehead atoms. The van der Waals surface area contributed by atoms with E-state index in [9.17, 15) is 9.90 Å². The number of benzene rings is 1. The van der Waals surface area contributed by atoms with Crippen LogP contribution in [0, 0.1) is 5.92 Å². The summed E-state index contributed by atoms with van der Waals surface area (Å²) in [5.41, 5.74) is 2.64. The van der Waals surface area contributed by atoms with E-state index in [1.54, 1.807) is 18.6 Å². The van der Waals surface area contributed by atoms with Gasteiger partial charge in [-0.25, -0.2) is 4.98 Å². The van der Waals surface area contributed by atoms with Gasteiger partial charge in [-0.15, -0.1) is 0 Å². The Morgan fingerprint density at radius 1 is 1.08 bits per heavy atom. The average Bonchev–Trinajstić information content (AvgIpc) is 3.08. The van der Waals surface area contributed by atoms with Gasteiger partial charge >= 0.3 is 5.97 Å². The Kier molecular flexibility index (Phi) is 3.57. The second-order valence-corrected chi connectivity index (χ2v) is 5.95. The second kappa shape index (κ2) is 5.88. The minimum atomic E-state index is -0.784. The summed E-state index contributed by atoms with van der Waals surface area (Å²) in [7, 11) is 0. The van der Waals surface area contributed by atoms with Gasteiger partial charge in [0.15, 0.2) is 0 Å². The molecule has 0 saturated carbocycles. The standard InChI is InChI=1S/C18H16N4O2/c23-18(24)14-11-22(10-13(14)12-5-7-19-8-6-12)17-9-20-15-3-1-2-4-16(15)21-17/h1-9,13-14H,10-11H2,(H,23,24). The van der Waals surface area contributed by atoms with Gasteiger partial charge in [-0.05, 0) is 29.8 Å². The number of aromatic nitrogens is 3. The number of pyridine rings is 1. The van der Waals surface area contributed by atoms with Crippen LogP contribution in [0.25, 0.3) is 11.0 Å². The van der Waals surface area contributed by atoms with Crippen molar-refractivity contribution in [3.05, 3.63) is 60.6 Å². The third-order valence-electron chi connectivity index (χ3n) is 4.53. The average molecular weight is 320 g/mol. The molecule has 6 nitrogen and oxygen atoms in total.